The van der Waals surface area contributed by atoms with Gasteiger partial charge in [-0.05, 0) is 57.8 Å². The van der Waals surface area contributed by atoms with Crippen LogP contribution in [0.25, 0.3) is 0 Å². The van der Waals surface area contributed by atoms with Gasteiger partial charge in [0.15, 0.2) is 0 Å². The Kier molecular flexibility index (Phi) is 32.5. The van der Waals surface area contributed by atoms with E-state index in [0.717, 1.165) is 32.1 Å². The Morgan fingerprint density at radius 2 is 1.00 bits per heavy atom. The molecule has 0 heterocycles. The van der Waals surface area contributed by atoms with Crippen molar-refractivity contribution < 1.29 is 15.0 Å². The zero-order valence-corrected chi connectivity index (χ0v) is 27.8. The van der Waals surface area contributed by atoms with Gasteiger partial charge in [0, 0.05) is 6.42 Å². The number of nitrogens with one attached hydrogen (secondary N) is 1. The molecule has 0 saturated carbocycles. The SMILES string of the molecule is CCCCC/C=C\C=C/CCCCCCCCCCCCC(=O)NC(CO)C(O)/C=C/CC/C=C/CCCCCCC. The minimum Gasteiger partial charge on any atom is -0.394 e. The van der Waals surface area contributed by atoms with Crippen LogP contribution >= 0.6 is 0 Å². The van der Waals surface area contributed by atoms with Gasteiger partial charge >= 0.3 is 0 Å². The van der Waals surface area contributed by atoms with E-state index in [9.17, 15) is 15.0 Å². The second-order valence-electron chi connectivity index (χ2n) is 12.0. The molecule has 2 atom stereocenters. The van der Waals surface area contributed by atoms with Crippen molar-refractivity contribution in [1.82, 2.24) is 5.32 Å². The number of unbranched alkanes of at least 4 members (excludes halogenated alkanes) is 19. The maximum atomic E-state index is 12.3. The Morgan fingerprint density at radius 3 is 1.57 bits per heavy atom. The highest BCUT2D eigenvalue weighted by Gasteiger charge is 2.17. The lowest BCUT2D eigenvalue weighted by Crippen LogP contribution is -2.45. The predicted molar refractivity (Wildman–Crippen MR) is 184 cm³/mol. The molecule has 0 fully saturated rings. The molecule has 0 bridgehead atoms. The van der Waals surface area contributed by atoms with E-state index in [0.29, 0.717) is 6.42 Å². The van der Waals surface area contributed by atoms with Gasteiger partial charge in [-0.1, -0.05) is 152 Å². The van der Waals surface area contributed by atoms with E-state index >= 15 is 0 Å². The normalized spacial score (nSPS) is 13.7. The number of allylic oxidation sites excluding steroid dienone is 7. The van der Waals surface area contributed by atoms with E-state index in [4.69, 9.17) is 0 Å². The summed E-state index contributed by atoms with van der Waals surface area (Å²) in [6.45, 7) is 4.22. The van der Waals surface area contributed by atoms with Gasteiger partial charge in [-0.25, -0.2) is 0 Å². The maximum absolute atomic E-state index is 12.3. The summed E-state index contributed by atoms with van der Waals surface area (Å²) >= 11 is 0. The first-order valence-electron chi connectivity index (χ1n) is 17.9. The fourth-order valence-electron chi connectivity index (χ4n) is 5.01. The molecule has 0 spiro atoms. The molecule has 0 aromatic carbocycles. The minimum atomic E-state index is -0.861. The highest BCUT2D eigenvalue weighted by molar-refractivity contribution is 5.76. The number of hydrogen-bond donors (Lipinski definition) is 3. The second-order valence-corrected chi connectivity index (χ2v) is 12.0. The number of amides is 1. The van der Waals surface area contributed by atoms with E-state index in [1.165, 1.54) is 116 Å². The first kappa shape index (κ1) is 40.4. The van der Waals surface area contributed by atoms with Crippen LogP contribution in [-0.2, 0) is 4.79 Å². The van der Waals surface area contributed by atoms with Gasteiger partial charge in [-0.15, -0.1) is 0 Å². The fourth-order valence-corrected chi connectivity index (χ4v) is 5.01. The van der Waals surface area contributed by atoms with Gasteiger partial charge in [0.1, 0.15) is 0 Å². The Bertz CT molecular complexity index is 682. The number of aliphatic hydroxyl groups excluding tert-OH is 2. The maximum Gasteiger partial charge on any atom is 0.220 e. The average Bonchev–Trinajstić information content (AvgIpc) is 2.99. The van der Waals surface area contributed by atoms with Crippen molar-refractivity contribution in [3.8, 4) is 0 Å². The quantitative estimate of drug-likeness (QED) is 0.0429. The van der Waals surface area contributed by atoms with E-state index in [1.54, 1.807) is 6.08 Å². The molecule has 244 valence electrons. The van der Waals surface area contributed by atoms with Crippen LogP contribution in [0.3, 0.4) is 0 Å². The molecule has 0 radical (unpaired) electrons. The van der Waals surface area contributed by atoms with Crippen LogP contribution in [0.5, 0.6) is 0 Å². The van der Waals surface area contributed by atoms with E-state index in [2.05, 4.69) is 55.6 Å². The molecule has 0 saturated heterocycles. The minimum absolute atomic E-state index is 0.0822. The van der Waals surface area contributed by atoms with Crippen molar-refractivity contribution in [1.29, 1.82) is 0 Å². The number of carbonyl (C=O) groups excluding carboxylic acids is 1. The van der Waals surface area contributed by atoms with Gasteiger partial charge in [0.2, 0.25) is 5.91 Å². The van der Waals surface area contributed by atoms with Crippen molar-refractivity contribution in [2.24, 2.45) is 0 Å². The summed E-state index contributed by atoms with van der Waals surface area (Å²) in [5, 5.41) is 22.8. The molecule has 0 aliphatic heterocycles. The van der Waals surface area contributed by atoms with Crippen LogP contribution in [-0.4, -0.2) is 34.9 Å². The summed E-state index contributed by atoms with van der Waals surface area (Å²) in [6.07, 6.45) is 44.8. The third-order valence-electron chi connectivity index (χ3n) is 7.81. The molecular weight excluding hydrogens is 518 g/mol. The second kappa shape index (κ2) is 33.8. The summed E-state index contributed by atoms with van der Waals surface area (Å²) in [4.78, 5) is 12.3. The van der Waals surface area contributed by atoms with Gasteiger partial charge in [-0.3, -0.25) is 4.79 Å². The Hall–Kier alpha value is -1.65. The van der Waals surface area contributed by atoms with Crippen LogP contribution in [0.2, 0.25) is 0 Å². The predicted octanol–water partition coefficient (Wildman–Crippen LogP) is 10.5. The molecule has 42 heavy (non-hydrogen) atoms. The Labute approximate surface area is 261 Å². The highest BCUT2D eigenvalue weighted by atomic mass is 16.3. The smallest absolute Gasteiger partial charge is 0.220 e. The molecule has 0 aromatic heterocycles. The van der Waals surface area contributed by atoms with Gasteiger partial charge < -0.3 is 15.5 Å². The van der Waals surface area contributed by atoms with Crippen molar-refractivity contribution in [3.05, 3.63) is 48.6 Å². The molecule has 2 unspecified atom stereocenters. The molecular formula is C38H69NO3. The van der Waals surface area contributed by atoms with Gasteiger partial charge in [-0.2, -0.15) is 0 Å². The van der Waals surface area contributed by atoms with Gasteiger partial charge in [0.05, 0.1) is 18.8 Å². The molecule has 1 amide bonds. The third kappa shape index (κ3) is 29.8. The lowest BCUT2D eigenvalue weighted by atomic mass is 10.0. The van der Waals surface area contributed by atoms with Crippen molar-refractivity contribution in [2.75, 3.05) is 6.61 Å². The Balaban J connectivity index is 3.65. The van der Waals surface area contributed by atoms with Crippen LogP contribution in [0.1, 0.15) is 168 Å². The lowest BCUT2D eigenvalue weighted by Gasteiger charge is -2.19. The molecule has 0 aromatic rings. The molecule has 0 aliphatic rings. The standard InChI is InChI=1S/C38H69NO3/c1-3-5-7-9-11-13-15-16-17-18-19-20-21-22-24-26-28-30-32-34-38(42)39-36(35-40)37(41)33-31-29-27-25-23-14-12-10-8-6-4-2/h11,13,15-16,23,25,31,33,36-37,40-41H,3-10,12,14,17-22,24,26-30,32,34-35H2,1-2H3,(H,39,42)/b13-11-,16-15-,25-23+,33-31+. The summed E-state index contributed by atoms with van der Waals surface area (Å²) in [7, 11) is 0. The summed E-state index contributed by atoms with van der Waals surface area (Å²) in [5.74, 6) is -0.0822. The number of carbonyl (C=O) groups is 1. The monoisotopic (exact) mass is 588 g/mol. The molecule has 4 heteroatoms. The number of hydrogen-bond acceptors (Lipinski definition) is 3. The first-order valence-corrected chi connectivity index (χ1v) is 17.9. The zero-order chi connectivity index (χ0) is 30.8. The largest absolute Gasteiger partial charge is 0.394 e. The van der Waals surface area contributed by atoms with Crippen LogP contribution < -0.4 is 5.32 Å². The summed E-state index contributed by atoms with van der Waals surface area (Å²) in [5.41, 5.74) is 0. The Morgan fingerprint density at radius 1 is 0.571 bits per heavy atom. The van der Waals surface area contributed by atoms with Crippen molar-refractivity contribution >= 4 is 5.91 Å². The topological polar surface area (TPSA) is 69.6 Å². The zero-order valence-electron chi connectivity index (χ0n) is 27.8. The third-order valence-corrected chi connectivity index (χ3v) is 7.81. The molecule has 0 aliphatic carbocycles. The summed E-state index contributed by atoms with van der Waals surface area (Å²) < 4.78 is 0. The fraction of sp³-hybridized carbons (Fsp3) is 0.763. The van der Waals surface area contributed by atoms with Crippen LogP contribution in [0.15, 0.2) is 48.6 Å². The molecule has 3 N–H and O–H groups in total. The van der Waals surface area contributed by atoms with Crippen molar-refractivity contribution in [3.63, 3.8) is 0 Å². The van der Waals surface area contributed by atoms with Gasteiger partial charge in [0.25, 0.3) is 0 Å². The first-order chi connectivity index (χ1) is 20.7. The van der Waals surface area contributed by atoms with Crippen molar-refractivity contribution in [2.45, 2.75) is 180 Å². The highest BCUT2D eigenvalue weighted by Crippen LogP contribution is 2.13. The lowest BCUT2D eigenvalue weighted by molar-refractivity contribution is -0.123. The summed E-state index contributed by atoms with van der Waals surface area (Å²) in [6, 6.07) is -0.638. The molecule has 4 nitrogen and oxygen atoms in total. The van der Waals surface area contributed by atoms with E-state index in [1.807, 2.05) is 6.08 Å². The molecule has 0 rings (SSSR count). The van der Waals surface area contributed by atoms with Crippen LogP contribution in [0, 0.1) is 0 Å². The number of rotatable bonds is 31. The van der Waals surface area contributed by atoms with E-state index in [-0.39, 0.29) is 12.5 Å². The van der Waals surface area contributed by atoms with E-state index < -0.39 is 12.1 Å². The van der Waals surface area contributed by atoms with Crippen LogP contribution in [0.4, 0.5) is 0 Å². The number of aliphatic hydroxyl groups is 2. The average molecular weight is 588 g/mol.